The molecule has 10 heteroatoms. The standard InChI is InChI=1S/C24H26ClN5O3S/c25-22-20-10-15(14-1-2-14)9-19(16-11-26-34-13-16)30(20)27-23(22)24(33)28-7-8-29(21(32)12-28)17-3-5-18(31)6-4-17/h9-11,13-14,17-18,31H,1-8,12H2. The van der Waals surface area contributed by atoms with Gasteiger partial charge < -0.3 is 14.9 Å². The van der Waals surface area contributed by atoms with Gasteiger partial charge in [0.05, 0.1) is 28.5 Å². The molecule has 0 atom stereocenters. The minimum absolute atomic E-state index is 0.0245. The average molecular weight is 500 g/mol. The van der Waals surface area contributed by atoms with Gasteiger partial charge in [-0.15, -0.1) is 0 Å². The second-order valence-corrected chi connectivity index (χ2v) is 10.6. The highest BCUT2D eigenvalue weighted by Crippen LogP contribution is 2.43. The average Bonchev–Trinajstić information content (AvgIpc) is 3.45. The van der Waals surface area contributed by atoms with Gasteiger partial charge in [0, 0.05) is 30.1 Å². The second-order valence-electron chi connectivity index (χ2n) is 9.60. The Kier molecular flexibility index (Phi) is 5.58. The normalized spacial score (nSPS) is 23.6. The first-order valence-corrected chi connectivity index (χ1v) is 13.1. The molecule has 2 aliphatic carbocycles. The van der Waals surface area contributed by atoms with E-state index in [1.54, 1.807) is 15.6 Å². The molecular weight excluding hydrogens is 474 g/mol. The van der Waals surface area contributed by atoms with Gasteiger partial charge in [-0.2, -0.15) is 5.10 Å². The topological polar surface area (TPSA) is 91.0 Å². The molecule has 4 heterocycles. The van der Waals surface area contributed by atoms with Crippen molar-refractivity contribution in [3.63, 3.8) is 0 Å². The van der Waals surface area contributed by atoms with E-state index in [0.717, 1.165) is 49.8 Å². The number of rotatable bonds is 4. The van der Waals surface area contributed by atoms with Gasteiger partial charge in [-0.3, -0.25) is 9.59 Å². The van der Waals surface area contributed by atoms with Gasteiger partial charge in [0.2, 0.25) is 5.91 Å². The quantitative estimate of drug-likeness (QED) is 0.592. The highest BCUT2D eigenvalue weighted by atomic mass is 35.5. The third-order valence-electron chi connectivity index (χ3n) is 7.33. The van der Waals surface area contributed by atoms with Gasteiger partial charge in [-0.1, -0.05) is 11.6 Å². The van der Waals surface area contributed by atoms with Crippen LogP contribution in [0.4, 0.5) is 0 Å². The highest BCUT2D eigenvalue weighted by Gasteiger charge is 2.35. The molecule has 3 aliphatic rings. The van der Waals surface area contributed by atoms with Crippen molar-refractivity contribution in [2.45, 2.75) is 56.6 Å². The molecule has 2 amide bonds. The first-order chi connectivity index (χ1) is 16.5. The molecular formula is C24H26ClN5O3S. The minimum atomic E-state index is -0.317. The predicted molar refractivity (Wildman–Crippen MR) is 129 cm³/mol. The fourth-order valence-electron chi connectivity index (χ4n) is 5.23. The van der Waals surface area contributed by atoms with E-state index in [2.05, 4.69) is 15.5 Å². The number of nitrogens with zero attached hydrogens (tertiary/aromatic N) is 5. The molecule has 34 heavy (non-hydrogen) atoms. The number of pyridine rings is 1. The number of carbonyl (C=O) groups excluding carboxylic acids is 2. The fraction of sp³-hybridized carbons (Fsp3) is 0.500. The molecule has 1 aliphatic heterocycles. The number of hydrogen-bond donors (Lipinski definition) is 1. The van der Waals surface area contributed by atoms with E-state index in [-0.39, 0.29) is 36.2 Å². The Hall–Kier alpha value is -2.49. The summed E-state index contributed by atoms with van der Waals surface area (Å²) in [5.74, 6) is 0.150. The van der Waals surface area contributed by atoms with Crippen molar-refractivity contribution < 1.29 is 14.7 Å². The number of hydrogen-bond acceptors (Lipinski definition) is 6. The van der Waals surface area contributed by atoms with Gasteiger partial charge in [0.25, 0.3) is 5.91 Å². The van der Waals surface area contributed by atoms with Crippen molar-refractivity contribution in [2.75, 3.05) is 19.6 Å². The Labute approximate surface area is 206 Å². The summed E-state index contributed by atoms with van der Waals surface area (Å²) in [5.41, 5.74) is 3.91. The van der Waals surface area contributed by atoms with Crippen LogP contribution in [0.3, 0.4) is 0 Å². The smallest absolute Gasteiger partial charge is 0.276 e. The molecule has 3 aromatic rings. The van der Waals surface area contributed by atoms with Crippen molar-refractivity contribution in [3.05, 3.63) is 40.0 Å². The minimum Gasteiger partial charge on any atom is -0.393 e. The lowest BCUT2D eigenvalue weighted by atomic mass is 9.91. The number of amides is 2. The van der Waals surface area contributed by atoms with Crippen LogP contribution in [0.1, 0.15) is 60.5 Å². The van der Waals surface area contributed by atoms with Crippen molar-refractivity contribution in [1.82, 2.24) is 23.8 Å². The van der Waals surface area contributed by atoms with Gasteiger partial charge in [-0.05, 0) is 73.7 Å². The van der Waals surface area contributed by atoms with E-state index in [4.69, 9.17) is 11.6 Å². The predicted octanol–water partition coefficient (Wildman–Crippen LogP) is 3.58. The van der Waals surface area contributed by atoms with E-state index < -0.39 is 0 Å². The zero-order valence-electron chi connectivity index (χ0n) is 18.7. The Morgan fingerprint density at radius 3 is 2.59 bits per heavy atom. The van der Waals surface area contributed by atoms with Crippen LogP contribution in [-0.4, -0.2) is 72.5 Å². The van der Waals surface area contributed by atoms with E-state index in [9.17, 15) is 14.7 Å². The summed E-state index contributed by atoms with van der Waals surface area (Å²) in [7, 11) is 0. The monoisotopic (exact) mass is 499 g/mol. The SMILES string of the molecule is O=C(c1nn2c(-c3cnsc3)cc(C3CC3)cc2c1Cl)N1CCN(C2CCC(O)CC2)C(=O)C1. The van der Waals surface area contributed by atoms with Crippen molar-refractivity contribution in [1.29, 1.82) is 0 Å². The summed E-state index contributed by atoms with van der Waals surface area (Å²) >= 11 is 8.11. The molecule has 1 N–H and O–H groups in total. The Morgan fingerprint density at radius 1 is 1.12 bits per heavy atom. The molecule has 0 bridgehead atoms. The number of aliphatic hydroxyl groups is 1. The molecule has 0 aromatic carbocycles. The van der Waals surface area contributed by atoms with Crippen LogP contribution >= 0.6 is 23.1 Å². The second kappa shape index (κ2) is 8.62. The Balaban J connectivity index is 1.28. The lowest BCUT2D eigenvalue weighted by Gasteiger charge is -2.41. The van der Waals surface area contributed by atoms with Crippen molar-refractivity contribution in [2.24, 2.45) is 0 Å². The zero-order chi connectivity index (χ0) is 23.4. The summed E-state index contributed by atoms with van der Waals surface area (Å²) < 4.78 is 5.96. The zero-order valence-corrected chi connectivity index (χ0v) is 20.3. The van der Waals surface area contributed by atoms with Crippen molar-refractivity contribution in [3.8, 4) is 11.3 Å². The number of halogens is 1. The molecule has 178 valence electrons. The largest absolute Gasteiger partial charge is 0.393 e. The first-order valence-electron chi connectivity index (χ1n) is 11.9. The van der Waals surface area contributed by atoms with E-state index >= 15 is 0 Å². The fourth-order valence-corrected chi connectivity index (χ4v) is 6.01. The van der Waals surface area contributed by atoms with E-state index in [0.29, 0.717) is 29.5 Å². The van der Waals surface area contributed by atoms with Crippen LogP contribution in [0.2, 0.25) is 5.02 Å². The summed E-state index contributed by atoms with van der Waals surface area (Å²) in [6.45, 7) is 0.965. The summed E-state index contributed by atoms with van der Waals surface area (Å²) in [6, 6.07) is 4.30. The molecule has 6 rings (SSSR count). The Morgan fingerprint density at radius 2 is 1.91 bits per heavy atom. The van der Waals surface area contributed by atoms with Gasteiger partial charge in [0.1, 0.15) is 6.54 Å². The van der Waals surface area contributed by atoms with Crippen LogP contribution in [0.25, 0.3) is 16.8 Å². The number of aliphatic hydroxyl groups excluding tert-OH is 1. The van der Waals surface area contributed by atoms with Crippen molar-refractivity contribution >= 4 is 40.5 Å². The maximum atomic E-state index is 13.4. The number of fused-ring (bicyclic) bond motifs is 1. The molecule has 1 saturated heterocycles. The molecule has 2 saturated carbocycles. The van der Waals surface area contributed by atoms with E-state index in [1.165, 1.54) is 17.1 Å². The summed E-state index contributed by atoms with van der Waals surface area (Å²) in [4.78, 5) is 29.8. The molecule has 0 radical (unpaired) electrons. The molecule has 0 unspecified atom stereocenters. The van der Waals surface area contributed by atoms with Crippen LogP contribution in [0, 0.1) is 0 Å². The maximum absolute atomic E-state index is 13.4. The molecule has 3 fully saturated rings. The molecule has 0 spiro atoms. The number of carbonyl (C=O) groups is 2. The highest BCUT2D eigenvalue weighted by molar-refractivity contribution is 7.03. The van der Waals surface area contributed by atoms with Crippen LogP contribution in [-0.2, 0) is 4.79 Å². The van der Waals surface area contributed by atoms with Crippen LogP contribution < -0.4 is 0 Å². The Bertz CT molecular complexity index is 1250. The van der Waals surface area contributed by atoms with Crippen LogP contribution in [0.15, 0.2) is 23.7 Å². The lowest BCUT2D eigenvalue weighted by Crippen LogP contribution is -2.56. The molecule has 8 nitrogen and oxygen atoms in total. The number of aromatic nitrogens is 3. The van der Waals surface area contributed by atoms with E-state index in [1.807, 2.05) is 16.3 Å². The number of piperazine rings is 1. The van der Waals surface area contributed by atoms with Gasteiger partial charge in [-0.25, -0.2) is 8.89 Å². The lowest BCUT2D eigenvalue weighted by molar-refractivity contribution is -0.138. The first kappa shape index (κ1) is 22.0. The summed E-state index contributed by atoms with van der Waals surface area (Å²) in [5, 5.41) is 16.7. The third kappa shape index (κ3) is 3.89. The van der Waals surface area contributed by atoms with Gasteiger partial charge >= 0.3 is 0 Å². The maximum Gasteiger partial charge on any atom is 0.276 e. The molecule has 3 aromatic heterocycles. The van der Waals surface area contributed by atoms with Gasteiger partial charge in [0.15, 0.2) is 5.69 Å². The summed E-state index contributed by atoms with van der Waals surface area (Å²) in [6.07, 6.45) is 6.91. The third-order valence-corrected chi connectivity index (χ3v) is 8.29. The van der Waals surface area contributed by atoms with Crippen LogP contribution in [0.5, 0.6) is 0 Å².